The van der Waals surface area contributed by atoms with Gasteiger partial charge in [-0.3, -0.25) is 10.1 Å². The molecule has 0 saturated heterocycles. The van der Waals surface area contributed by atoms with Crippen LogP contribution in [0.5, 0.6) is 11.5 Å². The van der Waals surface area contributed by atoms with Crippen LogP contribution in [0.4, 0.5) is 5.69 Å². The fourth-order valence-electron chi connectivity index (χ4n) is 2.92. The largest absolute Gasteiger partial charge is 0.490 e. The summed E-state index contributed by atoms with van der Waals surface area (Å²) >= 11 is 0. The zero-order valence-corrected chi connectivity index (χ0v) is 18.9. The maximum absolute atomic E-state index is 10.8. The Kier molecular flexibility index (Phi) is 10.8. The van der Waals surface area contributed by atoms with Crippen molar-refractivity contribution in [1.29, 1.82) is 0 Å². The molecule has 9 heteroatoms. The number of methoxy groups -OCH3 is 1. The summed E-state index contributed by atoms with van der Waals surface area (Å²) in [4.78, 5) is 15.0. The van der Waals surface area contributed by atoms with Gasteiger partial charge in [0.15, 0.2) is 17.5 Å². The Bertz CT molecular complexity index is 871. The zero-order valence-electron chi connectivity index (χ0n) is 18.9. The fraction of sp³-hybridized carbons (Fsp3) is 0.435. The molecule has 9 nitrogen and oxygen atoms in total. The molecule has 2 aromatic carbocycles. The van der Waals surface area contributed by atoms with Gasteiger partial charge >= 0.3 is 0 Å². The molecule has 32 heavy (non-hydrogen) atoms. The van der Waals surface area contributed by atoms with E-state index in [4.69, 9.17) is 14.2 Å². The summed E-state index contributed by atoms with van der Waals surface area (Å²) in [5.41, 5.74) is 2.07. The molecule has 0 unspecified atom stereocenters. The molecule has 0 spiro atoms. The zero-order chi connectivity index (χ0) is 23.2. The van der Waals surface area contributed by atoms with E-state index in [9.17, 15) is 10.1 Å². The van der Waals surface area contributed by atoms with Gasteiger partial charge in [0.05, 0.1) is 31.3 Å². The molecule has 0 aliphatic carbocycles. The highest BCUT2D eigenvalue weighted by Gasteiger charge is 2.07. The molecule has 0 heterocycles. The number of nitro benzene ring substituents is 1. The molecular weight excluding hydrogens is 412 g/mol. The third-order valence-corrected chi connectivity index (χ3v) is 4.48. The van der Waals surface area contributed by atoms with Crippen molar-refractivity contribution < 1.29 is 19.1 Å². The van der Waals surface area contributed by atoms with Crippen LogP contribution < -0.4 is 20.1 Å². The lowest BCUT2D eigenvalue weighted by Gasteiger charge is -2.14. The van der Waals surface area contributed by atoms with Gasteiger partial charge in [-0.2, -0.15) is 0 Å². The number of nitrogens with one attached hydrogen (secondary N) is 2. The molecule has 174 valence electrons. The average Bonchev–Trinajstić information content (AvgIpc) is 2.79. The van der Waals surface area contributed by atoms with Crippen LogP contribution in [0, 0.1) is 10.1 Å². The summed E-state index contributed by atoms with van der Waals surface area (Å²) in [7, 11) is 1.64. The van der Waals surface area contributed by atoms with Gasteiger partial charge in [0.2, 0.25) is 0 Å². The van der Waals surface area contributed by atoms with Crippen molar-refractivity contribution in [3.63, 3.8) is 0 Å². The summed E-state index contributed by atoms with van der Waals surface area (Å²) in [6.07, 6.45) is 0.773. The molecule has 0 aromatic heterocycles. The maximum Gasteiger partial charge on any atom is 0.269 e. The monoisotopic (exact) mass is 444 g/mol. The Morgan fingerprint density at radius 3 is 2.28 bits per heavy atom. The first-order chi connectivity index (χ1) is 15.6. The van der Waals surface area contributed by atoms with E-state index in [1.54, 1.807) is 19.2 Å². The minimum atomic E-state index is -0.412. The van der Waals surface area contributed by atoms with Crippen LogP contribution in [-0.4, -0.2) is 50.9 Å². The van der Waals surface area contributed by atoms with Gasteiger partial charge in [-0.15, -0.1) is 0 Å². The number of nitrogens with zero attached hydrogens (tertiary/aromatic N) is 2. The topological polar surface area (TPSA) is 107 Å². The molecule has 0 radical (unpaired) electrons. The smallest absolute Gasteiger partial charge is 0.269 e. The lowest BCUT2D eigenvalue weighted by atomic mass is 10.1. The van der Waals surface area contributed by atoms with Crippen molar-refractivity contribution in [3.8, 4) is 11.5 Å². The number of hydrogen-bond acceptors (Lipinski definition) is 6. The second-order valence-corrected chi connectivity index (χ2v) is 6.83. The summed E-state index contributed by atoms with van der Waals surface area (Å²) in [6, 6.07) is 12.4. The standard InChI is InChI=1S/C23H32N4O5/c1-4-31-21-11-8-18(16-22(21)32-5-2)12-13-24-23(25-14-15-30-3)26-17-19-6-9-20(10-7-19)27(28)29/h6-11,16H,4-5,12-15,17H2,1-3H3,(H2,24,25,26). The minimum absolute atomic E-state index is 0.0658. The van der Waals surface area contributed by atoms with Gasteiger partial charge in [-0.05, 0) is 43.5 Å². The fourth-order valence-corrected chi connectivity index (χ4v) is 2.92. The van der Waals surface area contributed by atoms with E-state index >= 15 is 0 Å². The normalized spacial score (nSPS) is 11.2. The predicted molar refractivity (Wildman–Crippen MR) is 125 cm³/mol. The molecule has 0 amide bonds. The van der Waals surface area contributed by atoms with Crippen LogP contribution in [0.15, 0.2) is 47.5 Å². The van der Waals surface area contributed by atoms with Crippen LogP contribution in [-0.2, 0) is 17.7 Å². The van der Waals surface area contributed by atoms with Crippen molar-refractivity contribution in [2.45, 2.75) is 26.8 Å². The van der Waals surface area contributed by atoms with Gasteiger partial charge in [0.1, 0.15) is 0 Å². The summed E-state index contributed by atoms with van der Waals surface area (Å²) in [5, 5.41) is 17.3. The van der Waals surface area contributed by atoms with Crippen molar-refractivity contribution in [3.05, 3.63) is 63.7 Å². The Hall–Kier alpha value is -3.33. The van der Waals surface area contributed by atoms with E-state index < -0.39 is 4.92 Å². The summed E-state index contributed by atoms with van der Waals surface area (Å²) in [5.74, 6) is 2.14. The first kappa shape index (κ1) is 24.9. The van der Waals surface area contributed by atoms with E-state index in [-0.39, 0.29) is 5.69 Å². The average molecular weight is 445 g/mol. The molecular formula is C23H32N4O5. The second kappa shape index (κ2) is 13.9. The first-order valence-electron chi connectivity index (χ1n) is 10.7. The quantitative estimate of drug-likeness (QED) is 0.160. The Labute approximate surface area is 188 Å². The van der Waals surface area contributed by atoms with Gasteiger partial charge in [-0.1, -0.05) is 18.2 Å². The first-order valence-corrected chi connectivity index (χ1v) is 10.7. The van der Waals surface area contributed by atoms with Crippen molar-refractivity contribution in [2.75, 3.05) is 40.0 Å². The van der Waals surface area contributed by atoms with Crippen molar-refractivity contribution >= 4 is 11.6 Å². The highest BCUT2D eigenvalue weighted by molar-refractivity contribution is 5.79. The predicted octanol–water partition coefficient (Wildman–Crippen LogP) is 3.32. The number of rotatable bonds is 13. The molecule has 0 aliphatic heterocycles. The molecule has 0 bridgehead atoms. The molecule has 2 rings (SSSR count). The van der Waals surface area contributed by atoms with Crippen LogP contribution in [0.2, 0.25) is 0 Å². The molecule has 0 aliphatic rings. The van der Waals surface area contributed by atoms with Crippen LogP contribution in [0.25, 0.3) is 0 Å². The van der Waals surface area contributed by atoms with Gasteiger partial charge < -0.3 is 24.8 Å². The van der Waals surface area contributed by atoms with Crippen LogP contribution in [0.1, 0.15) is 25.0 Å². The Morgan fingerprint density at radius 1 is 0.969 bits per heavy atom. The lowest BCUT2D eigenvalue weighted by molar-refractivity contribution is -0.384. The van der Waals surface area contributed by atoms with E-state index in [2.05, 4.69) is 15.6 Å². The van der Waals surface area contributed by atoms with E-state index in [0.717, 1.165) is 29.0 Å². The summed E-state index contributed by atoms with van der Waals surface area (Å²) in [6.45, 7) is 7.28. The van der Waals surface area contributed by atoms with E-state index in [0.29, 0.717) is 45.4 Å². The number of aliphatic imine (C=N–C) groups is 1. The molecule has 2 N–H and O–H groups in total. The SMILES string of the molecule is CCOc1ccc(CCNC(=NCc2ccc([N+](=O)[O-])cc2)NCCOC)cc1OCC. The number of hydrogen-bond donors (Lipinski definition) is 2. The van der Waals surface area contributed by atoms with Gasteiger partial charge in [0, 0.05) is 32.3 Å². The number of guanidine groups is 1. The molecule has 2 aromatic rings. The molecule has 0 atom stereocenters. The third-order valence-electron chi connectivity index (χ3n) is 4.48. The minimum Gasteiger partial charge on any atom is -0.490 e. The van der Waals surface area contributed by atoms with Gasteiger partial charge in [0.25, 0.3) is 5.69 Å². The van der Waals surface area contributed by atoms with Crippen LogP contribution in [0.3, 0.4) is 0 Å². The highest BCUT2D eigenvalue weighted by Crippen LogP contribution is 2.28. The number of nitro groups is 1. The molecule has 0 saturated carbocycles. The highest BCUT2D eigenvalue weighted by atomic mass is 16.6. The van der Waals surface area contributed by atoms with Crippen molar-refractivity contribution in [2.24, 2.45) is 4.99 Å². The Balaban J connectivity index is 1.98. The number of benzene rings is 2. The second-order valence-electron chi connectivity index (χ2n) is 6.83. The van der Waals surface area contributed by atoms with E-state index in [1.807, 2.05) is 32.0 Å². The Morgan fingerprint density at radius 2 is 1.62 bits per heavy atom. The number of non-ortho nitro benzene ring substituents is 1. The number of ether oxygens (including phenoxy) is 3. The lowest BCUT2D eigenvalue weighted by Crippen LogP contribution is -2.40. The van der Waals surface area contributed by atoms with E-state index in [1.165, 1.54) is 12.1 Å². The maximum atomic E-state index is 10.8. The molecule has 0 fully saturated rings. The van der Waals surface area contributed by atoms with Crippen molar-refractivity contribution in [1.82, 2.24) is 10.6 Å². The van der Waals surface area contributed by atoms with Crippen LogP contribution >= 0.6 is 0 Å². The summed E-state index contributed by atoms with van der Waals surface area (Å²) < 4.78 is 16.4. The van der Waals surface area contributed by atoms with Gasteiger partial charge in [-0.25, -0.2) is 4.99 Å². The third kappa shape index (κ3) is 8.43.